The fraction of sp³-hybridized carbons (Fsp3) is 0.433. The van der Waals surface area contributed by atoms with Crippen LogP contribution >= 0.6 is 0 Å². The van der Waals surface area contributed by atoms with E-state index in [1.807, 2.05) is 45.7 Å². The Kier molecular flexibility index (Phi) is 8.01. The topological polar surface area (TPSA) is 81.0 Å². The van der Waals surface area contributed by atoms with Gasteiger partial charge in [-0.05, 0) is 61.9 Å². The molecule has 3 aromatic rings. The molecule has 0 aromatic carbocycles. The number of carbonyl (C=O) groups is 2. The molecule has 0 bridgehead atoms. The van der Waals surface area contributed by atoms with Crippen LogP contribution in [-0.4, -0.2) is 49.4 Å². The SMILES string of the molecule is Cc1cc(CC(=O)c2cnn(-c3ccc(C(F)(F)F)cn3)c2C)cnc1C1=CCC(N(C)C(=O)C(C)(C)C)CC1. The minimum Gasteiger partial charge on any atom is -0.342 e. The van der Waals surface area contributed by atoms with E-state index in [-0.39, 0.29) is 30.0 Å². The Morgan fingerprint density at radius 2 is 1.80 bits per heavy atom. The molecule has 0 saturated carbocycles. The highest BCUT2D eigenvalue weighted by atomic mass is 19.4. The van der Waals surface area contributed by atoms with E-state index in [0.29, 0.717) is 11.3 Å². The van der Waals surface area contributed by atoms with Gasteiger partial charge in [-0.1, -0.05) is 32.9 Å². The van der Waals surface area contributed by atoms with Gasteiger partial charge in [0, 0.05) is 37.3 Å². The Morgan fingerprint density at radius 3 is 2.35 bits per heavy atom. The Balaban J connectivity index is 1.44. The number of alkyl halides is 3. The second-order valence-electron chi connectivity index (χ2n) is 11.4. The lowest BCUT2D eigenvalue weighted by molar-refractivity contribution is -0.140. The molecule has 0 fully saturated rings. The monoisotopic (exact) mass is 553 g/mol. The fourth-order valence-corrected chi connectivity index (χ4v) is 5.02. The van der Waals surface area contributed by atoms with Crippen LogP contribution in [0.15, 0.2) is 42.9 Å². The molecule has 3 heterocycles. The van der Waals surface area contributed by atoms with Crippen LogP contribution < -0.4 is 0 Å². The smallest absolute Gasteiger partial charge is 0.342 e. The normalized spacial score (nSPS) is 16.0. The van der Waals surface area contributed by atoms with E-state index in [2.05, 4.69) is 21.1 Å². The first-order chi connectivity index (χ1) is 18.7. The molecule has 7 nitrogen and oxygen atoms in total. The number of halogens is 3. The summed E-state index contributed by atoms with van der Waals surface area (Å²) >= 11 is 0. The Bertz CT molecular complexity index is 1450. The van der Waals surface area contributed by atoms with Crippen LogP contribution in [0.3, 0.4) is 0 Å². The van der Waals surface area contributed by atoms with Crippen LogP contribution in [0.1, 0.15) is 78.5 Å². The van der Waals surface area contributed by atoms with E-state index < -0.39 is 17.2 Å². The van der Waals surface area contributed by atoms with Gasteiger partial charge in [-0.2, -0.15) is 18.3 Å². The summed E-state index contributed by atoms with van der Waals surface area (Å²) in [5, 5.41) is 4.18. The van der Waals surface area contributed by atoms with Gasteiger partial charge >= 0.3 is 6.18 Å². The fourth-order valence-electron chi connectivity index (χ4n) is 5.02. The van der Waals surface area contributed by atoms with Crippen molar-refractivity contribution in [2.75, 3.05) is 7.05 Å². The third-order valence-corrected chi connectivity index (χ3v) is 7.30. The molecule has 1 amide bonds. The number of carbonyl (C=O) groups excluding carboxylic acids is 2. The van der Waals surface area contributed by atoms with E-state index in [0.717, 1.165) is 53.9 Å². The molecule has 4 rings (SSSR count). The van der Waals surface area contributed by atoms with Crippen LogP contribution in [0.5, 0.6) is 0 Å². The summed E-state index contributed by atoms with van der Waals surface area (Å²) in [6.07, 6.45) is 4.11. The summed E-state index contributed by atoms with van der Waals surface area (Å²) in [5.74, 6) is 0.161. The molecule has 0 N–H and O–H groups in total. The van der Waals surface area contributed by atoms with Crippen LogP contribution in [-0.2, 0) is 17.4 Å². The first kappa shape index (κ1) is 29.2. The number of hydrogen-bond donors (Lipinski definition) is 0. The second kappa shape index (κ2) is 11.0. The number of rotatable bonds is 6. The zero-order chi connectivity index (χ0) is 29.4. The predicted octanol–water partition coefficient (Wildman–Crippen LogP) is 6.16. The summed E-state index contributed by atoms with van der Waals surface area (Å²) in [4.78, 5) is 36.2. The first-order valence-corrected chi connectivity index (χ1v) is 13.2. The maximum Gasteiger partial charge on any atom is 0.417 e. The lowest BCUT2D eigenvalue weighted by atomic mass is 9.88. The van der Waals surface area contributed by atoms with Crippen molar-refractivity contribution in [1.29, 1.82) is 0 Å². The van der Waals surface area contributed by atoms with Crippen LogP contribution in [0.25, 0.3) is 11.4 Å². The number of ketones is 1. The second-order valence-corrected chi connectivity index (χ2v) is 11.4. The van der Waals surface area contributed by atoms with Crippen molar-refractivity contribution >= 4 is 17.3 Å². The van der Waals surface area contributed by atoms with E-state index >= 15 is 0 Å². The molecule has 0 radical (unpaired) electrons. The summed E-state index contributed by atoms with van der Waals surface area (Å²) in [6.45, 7) is 9.44. The third-order valence-electron chi connectivity index (χ3n) is 7.30. The van der Waals surface area contributed by atoms with Crippen molar-refractivity contribution in [3.63, 3.8) is 0 Å². The molecular weight excluding hydrogens is 519 g/mol. The average Bonchev–Trinajstić information content (AvgIpc) is 3.28. The van der Waals surface area contributed by atoms with Crippen molar-refractivity contribution in [3.8, 4) is 5.82 Å². The predicted molar refractivity (Wildman–Crippen MR) is 146 cm³/mol. The van der Waals surface area contributed by atoms with Gasteiger partial charge in [-0.15, -0.1) is 0 Å². The van der Waals surface area contributed by atoms with Crippen molar-refractivity contribution in [1.82, 2.24) is 24.6 Å². The van der Waals surface area contributed by atoms with E-state index in [9.17, 15) is 22.8 Å². The molecule has 1 unspecified atom stereocenters. The molecule has 10 heteroatoms. The lowest BCUT2D eigenvalue weighted by Crippen LogP contribution is -2.43. The van der Waals surface area contributed by atoms with Crippen molar-refractivity contribution in [2.24, 2.45) is 5.41 Å². The van der Waals surface area contributed by atoms with Crippen molar-refractivity contribution in [3.05, 3.63) is 76.5 Å². The highest BCUT2D eigenvalue weighted by Crippen LogP contribution is 2.32. The van der Waals surface area contributed by atoms with Crippen molar-refractivity contribution < 1.29 is 22.8 Å². The van der Waals surface area contributed by atoms with Crippen molar-refractivity contribution in [2.45, 2.75) is 72.5 Å². The van der Waals surface area contributed by atoms with Crippen LogP contribution in [0, 0.1) is 19.3 Å². The highest BCUT2D eigenvalue weighted by Gasteiger charge is 2.32. The molecule has 3 aromatic heterocycles. The minimum atomic E-state index is -4.48. The Hall–Kier alpha value is -3.82. The zero-order valence-electron chi connectivity index (χ0n) is 23.6. The summed E-state index contributed by atoms with van der Waals surface area (Å²) in [5.41, 5.74) is 3.37. The molecule has 0 aliphatic heterocycles. The Labute approximate surface area is 232 Å². The van der Waals surface area contributed by atoms with Gasteiger partial charge in [0.25, 0.3) is 0 Å². The number of nitrogens with zero attached hydrogens (tertiary/aromatic N) is 5. The number of pyridine rings is 2. The number of aryl methyl sites for hydroxylation is 1. The van der Waals surface area contributed by atoms with E-state index in [4.69, 9.17) is 0 Å². The maximum absolute atomic E-state index is 13.1. The summed E-state index contributed by atoms with van der Waals surface area (Å²) < 4.78 is 39.9. The quantitative estimate of drug-likeness (QED) is 0.342. The number of amides is 1. The maximum atomic E-state index is 13.1. The largest absolute Gasteiger partial charge is 0.417 e. The van der Waals surface area contributed by atoms with Gasteiger partial charge in [0.2, 0.25) is 5.91 Å². The van der Waals surface area contributed by atoms with E-state index in [1.54, 1.807) is 13.1 Å². The molecule has 40 heavy (non-hydrogen) atoms. The van der Waals surface area contributed by atoms with Gasteiger partial charge in [-0.3, -0.25) is 14.6 Å². The average molecular weight is 554 g/mol. The van der Waals surface area contributed by atoms with Gasteiger partial charge in [-0.25, -0.2) is 9.67 Å². The molecule has 0 saturated heterocycles. The molecule has 0 spiro atoms. The van der Waals surface area contributed by atoms with Gasteiger partial charge in [0.05, 0.1) is 28.7 Å². The van der Waals surface area contributed by atoms with Gasteiger partial charge in [0.15, 0.2) is 11.6 Å². The van der Waals surface area contributed by atoms with Crippen LogP contribution in [0.2, 0.25) is 0 Å². The number of Topliss-reactive ketones (excluding diaryl/α,β-unsaturated/α-hetero) is 1. The molecular formula is C30H34F3N5O2. The van der Waals surface area contributed by atoms with Crippen LogP contribution in [0.4, 0.5) is 13.2 Å². The molecule has 1 aliphatic rings. The Morgan fingerprint density at radius 1 is 1.07 bits per heavy atom. The lowest BCUT2D eigenvalue weighted by Gasteiger charge is -2.35. The molecule has 1 aliphatic carbocycles. The number of aromatic nitrogens is 4. The highest BCUT2D eigenvalue weighted by molar-refractivity contribution is 5.98. The standard InChI is InChI=1S/C30H34F3N5O2/c1-18-13-20(15-35-27(18)21-7-10-23(11-8-21)37(6)28(40)29(3,4)5)14-25(39)24-17-36-38(19(24)2)26-12-9-22(16-34-26)30(31,32)33/h7,9,12-13,15-17,23H,8,10-11,14H2,1-6H3. The minimum absolute atomic E-state index is 0.113. The number of allylic oxidation sites excluding steroid dienone is 1. The third kappa shape index (κ3) is 6.16. The number of hydrogen-bond acceptors (Lipinski definition) is 5. The summed E-state index contributed by atoms with van der Waals surface area (Å²) in [7, 11) is 1.87. The van der Waals surface area contributed by atoms with Gasteiger partial charge < -0.3 is 4.90 Å². The first-order valence-electron chi connectivity index (χ1n) is 13.2. The zero-order valence-corrected chi connectivity index (χ0v) is 23.6. The summed E-state index contributed by atoms with van der Waals surface area (Å²) in [6, 6.07) is 4.28. The van der Waals surface area contributed by atoms with Gasteiger partial charge in [0.1, 0.15) is 0 Å². The van der Waals surface area contributed by atoms with E-state index in [1.165, 1.54) is 16.9 Å². The molecule has 212 valence electrons. The molecule has 1 atom stereocenters.